The number of fused-ring (bicyclic) bond motifs is 1. The van der Waals surface area contributed by atoms with E-state index in [1.165, 1.54) is 28.8 Å². The zero-order valence-corrected chi connectivity index (χ0v) is 24.3. The van der Waals surface area contributed by atoms with E-state index in [9.17, 15) is 19.1 Å². The SMILES string of the molecule is C=CC(=O)N1[C@H](C)CN(c2nc(=O)n(C3=C(C(C)C)NCC=C3C)c3nc(-c4c(O)cccc4F)c(F)cc23)C[C@@H]1C. The number of piperazine rings is 1. The monoisotopic (exact) mass is 576 g/mol. The van der Waals surface area contributed by atoms with Gasteiger partial charge in [-0.15, -0.1) is 0 Å². The predicted molar refractivity (Wildman–Crippen MR) is 159 cm³/mol. The van der Waals surface area contributed by atoms with Gasteiger partial charge in [-0.1, -0.05) is 32.6 Å². The molecule has 0 aliphatic carbocycles. The van der Waals surface area contributed by atoms with Gasteiger partial charge in [0.15, 0.2) is 11.5 Å². The molecule has 0 radical (unpaired) electrons. The topological polar surface area (TPSA) is 104 Å². The summed E-state index contributed by atoms with van der Waals surface area (Å²) in [5.74, 6) is -2.21. The Balaban J connectivity index is 1.82. The van der Waals surface area contributed by atoms with Gasteiger partial charge in [0.25, 0.3) is 0 Å². The number of benzene rings is 1. The lowest BCUT2D eigenvalue weighted by Crippen LogP contribution is -2.58. The van der Waals surface area contributed by atoms with E-state index in [4.69, 9.17) is 0 Å². The summed E-state index contributed by atoms with van der Waals surface area (Å²) in [4.78, 5) is 39.0. The highest BCUT2D eigenvalue weighted by Crippen LogP contribution is 2.37. The first-order valence-corrected chi connectivity index (χ1v) is 13.9. The molecule has 0 saturated carbocycles. The van der Waals surface area contributed by atoms with E-state index in [2.05, 4.69) is 21.9 Å². The molecule has 3 aromatic rings. The van der Waals surface area contributed by atoms with Gasteiger partial charge in [0.05, 0.1) is 16.6 Å². The average Bonchev–Trinajstić information content (AvgIpc) is 2.92. The first kappa shape index (κ1) is 29.0. The van der Waals surface area contributed by atoms with Crippen LogP contribution in [0.25, 0.3) is 28.0 Å². The average molecular weight is 577 g/mol. The van der Waals surface area contributed by atoms with Gasteiger partial charge in [-0.2, -0.15) is 4.98 Å². The van der Waals surface area contributed by atoms with Gasteiger partial charge in [0.1, 0.15) is 23.1 Å². The van der Waals surface area contributed by atoms with Gasteiger partial charge in [0.2, 0.25) is 5.91 Å². The summed E-state index contributed by atoms with van der Waals surface area (Å²) in [7, 11) is 0. The number of carbonyl (C=O) groups is 1. The summed E-state index contributed by atoms with van der Waals surface area (Å²) >= 11 is 0. The summed E-state index contributed by atoms with van der Waals surface area (Å²) in [5, 5.41) is 14.0. The Kier molecular flexibility index (Phi) is 7.61. The molecule has 1 amide bonds. The Morgan fingerprint density at radius 3 is 2.48 bits per heavy atom. The Morgan fingerprint density at radius 1 is 1.17 bits per heavy atom. The molecule has 2 aliphatic heterocycles. The number of phenols is 1. The van der Waals surface area contributed by atoms with Crippen molar-refractivity contribution in [3.63, 3.8) is 0 Å². The van der Waals surface area contributed by atoms with Gasteiger partial charge in [-0.05, 0) is 56.5 Å². The van der Waals surface area contributed by atoms with Gasteiger partial charge < -0.3 is 20.2 Å². The maximum Gasteiger partial charge on any atom is 0.355 e. The van der Waals surface area contributed by atoms with Crippen LogP contribution in [0.5, 0.6) is 5.75 Å². The number of anilines is 1. The largest absolute Gasteiger partial charge is 0.507 e. The molecule has 1 saturated heterocycles. The smallest absolute Gasteiger partial charge is 0.355 e. The molecule has 2 aromatic heterocycles. The van der Waals surface area contributed by atoms with Crippen LogP contribution in [0.15, 0.2) is 59.1 Å². The number of aromatic nitrogens is 3. The molecule has 9 nitrogen and oxygen atoms in total. The Morgan fingerprint density at radius 2 is 1.86 bits per heavy atom. The van der Waals surface area contributed by atoms with Gasteiger partial charge in [-0.3, -0.25) is 4.79 Å². The molecule has 42 heavy (non-hydrogen) atoms. The van der Waals surface area contributed by atoms with Crippen molar-refractivity contribution in [3.8, 4) is 17.0 Å². The molecule has 11 heteroatoms. The van der Waals surface area contributed by atoms with Gasteiger partial charge in [0, 0.05) is 37.4 Å². The van der Waals surface area contributed by atoms with E-state index in [0.29, 0.717) is 25.3 Å². The van der Waals surface area contributed by atoms with Crippen LogP contribution in [0.1, 0.15) is 34.6 Å². The van der Waals surface area contributed by atoms with Crippen molar-refractivity contribution in [2.24, 2.45) is 5.92 Å². The standard InChI is InChI=1S/C31H34F2N6O3/c1-7-24(41)38-18(5)14-37(15-19(38)6)29-20-13-22(33)27(25-21(32)9-8-10-23(25)40)35-30(20)39(31(42)36-29)28-17(4)11-12-34-26(28)16(2)3/h7-11,13,16,18-19,34,40H,1,12,14-15H2,2-6H3/t18-,19+. The highest BCUT2D eigenvalue weighted by molar-refractivity contribution is 5.93. The molecule has 0 spiro atoms. The number of amides is 1. The number of dihydropyridines is 1. The van der Waals surface area contributed by atoms with E-state index >= 15 is 4.39 Å². The second-order valence-corrected chi connectivity index (χ2v) is 11.1. The van der Waals surface area contributed by atoms with Crippen LogP contribution in [0.4, 0.5) is 14.6 Å². The Labute approximate surface area is 242 Å². The molecule has 2 aliphatic rings. The van der Waals surface area contributed by atoms with Crippen LogP contribution in [0.3, 0.4) is 0 Å². The third-order valence-electron chi connectivity index (χ3n) is 7.81. The second kappa shape index (κ2) is 11.0. The quantitative estimate of drug-likeness (QED) is 0.433. The van der Waals surface area contributed by atoms with Crippen molar-refractivity contribution in [2.45, 2.75) is 46.7 Å². The Bertz CT molecular complexity index is 1700. The molecular formula is C31H34F2N6O3. The highest BCUT2D eigenvalue weighted by atomic mass is 19.1. The summed E-state index contributed by atoms with van der Waals surface area (Å²) < 4.78 is 32.1. The fourth-order valence-corrected chi connectivity index (χ4v) is 5.99. The van der Waals surface area contributed by atoms with E-state index in [0.717, 1.165) is 17.3 Å². The number of pyridine rings is 1. The molecule has 1 aromatic carbocycles. The number of hydrogen-bond donors (Lipinski definition) is 2. The summed E-state index contributed by atoms with van der Waals surface area (Å²) in [6.07, 6.45) is 3.20. The van der Waals surface area contributed by atoms with Crippen molar-refractivity contribution < 1.29 is 18.7 Å². The van der Waals surface area contributed by atoms with Crippen molar-refractivity contribution >= 4 is 28.5 Å². The molecule has 4 heterocycles. The van der Waals surface area contributed by atoms with Gasteiger partial charge >= 0.3 is 5.69 Å². The third kappa shape index (κ3) is 4.82. The second-order valence-electron chi connectivity index (χ2n) is 11.1. The van der Waals surface area contributed by atoms with Gasteiger partial charge in [-0.25, -0.2) is 23.1 Å². The molecule has 0 bridgehead atoms. The molecule has 220 valence electrons. The van der Waals surface area contributed by atoms with E-state index < -0.39 is 34.3 Å². The molecule has 5 rings (SSSR count). The minimum atomic E-state index is -0.884. The molecule has 2 N–H and O–H groups in total. The number of nitrogens with one attached hydrogen (secondary N) is 1. The number of hydrogen-bond acceptors (Lipinski definition) is 7. The zero-order chi connectivity index (χ0) is 30.5. The number of nitrogens with zero attached hydrogens (tertiary/aromatic N) is 5. The fourth-order valence-electron chi connectivity index (χ4n) is 5.99. The number of halogens is 2. The van der Waals surface area contributed by atoms with Crippen LogP contribution in [-0.2, 0) is 4.79 Å². The molecule has 2 atom stereocenters. The van der Waals surface area contributed by atoms with Crippen LogP contribution in [0, 0.1) is 17.6 Å². The number of carbonyl (C=O) groups excluding carboxylic acids is 1. The van der Waals surface area contributed by atoms with Crippen molar-refractivity contribution in [3.05, 3.63) is 76.4 Å². The lowest BCUT2D eigenvalue weighted by atomic mass is 10.0. The predicted octanol–water partition coefficient (Wildman–Crippen LogP) is 4.43. The van der Waals surface area contributed by atoms with Crippen LogP contribution in [0.2, 0.25) is 0 Å². The summed E-state index contributed by atoms with van der Waals surface area (Å²) in [5.41, 5.74) is 0.720. The molecule has 1 fully saturated rings. The first-order valence-electron chi connectivity index (χ1n) is 13.9. The molecular weight excluding hydrogens is 542 g/mol. The maximum atomic E-state index is 15.9. The van der Waals surface area contributed by atoms with Crippen LogP contribution < -0.4 is 15.9 Å². The maximum absolute atomic E-state index is 15.9. The van der Waals surface area contributed by atoms with E-state index in [1.54, 1.807) is 4.90 Å². The first-order chi connectivity index (χ1) is 19.9. The zero-order valence-electron chi connectivity index (χ0n) is 24.3. The van der Waals surface area contributed by atoms with Crippen molar-refractivity contribution in [2.75, 3.05) is 24.5 Å². The lowest BCUT2D eigenvalue weighted by Gasteiger charge is -2.44. The number of phenolic OH excluding ortho intramolecular Hbond substituents is 1. The summed E-state index contributed by atoms with van der Waals surface area (Å²) in [6, 6.07) is 4.34. The number of aromatic hydroxyl groups is 1. The Hall–Kier alpha value is -4.54. The van der Waals surface area contributed by atoms with E-state index in [-0.39, 0.29) is 40.8 Å². The van der Waals surface area contributed by atoms with Crippen molar-refractivity contribution in [1.29, 1.82) is 0 Å². The normalized spacial score (nSPS) is 19.3. The minimum Gasteiger partial charge on any atom is -0.507 e. The number of allylic oxidation sites excluding steroid dienone is 3. The number of rotatable bonds is 5. The van der Waals surface area contributed by atoms with Crippen molar-refractivity contribution in [1.82, 2.24) is 24.8 Å². The molecule has 0 unspecified atom stereocenters. The third-order valence-corrected chi connectivity index (χ3v) is 7.81. The highest BCUT2D eigenvalue weighted by Gasteiger charge is 2.34. The fraction of sp³-hybridized carbons (Fsp3) is 0.355. The van der Waals surface area contributed by atoms with Crippen LogP contribution in [-0.4, -0.2) is 62.2 Å². The lowest BCUT2D eigenvalue weighted by molar-refractivity contribution is -0.130. The summed E-state index contributed by atoms with van der Waals surface area (Å²) in [6.45, 7) is 14.4. The van der Waals surface area contributed by atoms with Crippen LogP contribution >= 0.6 is 0 Å². The minimum absolute atomic E-state index is 0.00187. The van der Waals surface area contributed by atoms with E-state index in [1.807, 2.05) is 45.6 Å².